The van der Waals surface area contributed by atoms with Gasteiger partial charge >= 0.3 is 0 Å². The highest BCUT2D eigenvalue weighted by atomic mass is 16.5. The van der Waals surface area contributed by atoms with Crippen LogP contribution in [0.5, 0.6) is 0 Å². The predicted octanol–water partition coefficient (Wildman–Crippen LogP) is 1.60. The van der Waals surface area contributed by atoms with Gasteiger partial charge in [0.25, 0.3) is 11.8 Å². The number of benzene rings is 1. The standard InChI is InChI=1S/C19H15N9O2/c1-12-22-19(30-26-12)14-8-5-9-27-16(23-24-17(14)27)11-20-18(29)15-10-21-28(25-15)13-6-3-2-4-7-13/h2-10H,11H2,1H3,(H,20,29). The van der Waals surface area contributed by atoms with Crippen LogP contribution in [-0.4, -0.2) is 45.6 Å². The summed E-state index contributed by atoms with van der Waals surface area (Å²) in [6.45, 7) is 1.90. The number of amides is 1. The van der Waals surface area contributed by atoms with Crippen LogP contribution in [0.2, 0.25) is 0 Å². The summed E-state index contributed by atoms with van der Waals surface area (Å²) in [5.74, 6) is 1.07. The number of rotatable bonds is 5. The van der Waals surface area contributed by atoms with Crippen molar-refractivity contribution in [1.82, 2.24) is 45.0 Å². The minimum Gasteiger partial charge on any atom is -0.343 e. The molecule has 0 radical (unpaired) electrons. The lowest BCUT2D eigenvalue weighted by Crippen LogP contribution is -2.24. The molecule has 0 aliphatic carbocycles. The summed E-state index contributed by atoms with van der Waals surface area (Å²) in [5.41, 5.74) is 2.19. The average Bonchev–Trinajstić information content (AvgIpc) is 3.52. The molecule has 148 valence electrons. The van der Waals surface area contributed by atoms with Crippen LogP contribution in [-0.2, 0) is 6.54 Å². The fraction of sp³-hybridized carbons (Fsp3) is 0.105. The smallest absolute Gasteiger partial charge is 0.273 e. The van der Waals surface area contributed by atoms with Gasteiger partial charge in [-0.05, 0) is 31.2 Å². The molecular weight excluding hydrogens is 386 g/mol. The molecule has 0 fully saturated rings. The largest absolute Gasteiger partial charge is 0.343 e. The first-order valence-corrected chi connectivity index (χ1v) is 9.08. The predicted molar refractivity (Wildman–Crippen MR) is 104 cm³/mol. The van der Waals surface area contributed by atoms with E-state index >= 15 is 0 Å². The van der Waals surface area contributed by atoms with Gasteiger partial charge in [0.2, 0.25) is 0 Å². The molecule has 5 aromatic rings. The fourth-order valence-electron chi connectivity index (χ4n) is 2.96. The Morgan fingerprint density at radius 1 is 1.13 bits per heavy atom. The fourth-order valence-corrected chi connectivity index (χ4v) is 2.96. The van der Waals surface area contributed by atoms with Gasteiger partial charge in [0, 0.05) is 6.20 Å². The third-order valence-corrected chi connectivity index (χ3v) is 4.38. The van der Waals surface area contributed by atoms with Crippen LogP contribution in [0.25, 0.3) is 22.8 Å². The molecule has 1 aromatic carbocycles. The van der Waals surface area contributed by atoms with E-state index in [1.165, 1.54) is 11.0 Å². The van der Waals surface area contributed by atoms with Gasteiger partial charge in [0.05, 0.1) is 24.0 Å². The topological polar surface area (TPSA) is 129 Å². The second kappa shape index (κ2) is 7.20. The van der Waals surface area contributed by atoms with E-state index in [-0.39, 0.29) is 18.1 Å². The minimum atomic E-state index is -0.363. The van der Waals surface area contributed by atoms with Gasteiger partial charge in [-0.2, -0.15) is 14.9 Å². The molecule has 0 aliphatic rings. The van der Waals surface area contributed by atoms with Crippen molar-refractivity contribution in [2.45, 2.75) is 13.5 Å². The number of para-hydroxylation sites is 1. The van der Waals surface area contributed by atoms with E-state index in [2.05, 4.69) is 35.9 Å². The lowest BCUT2D eigenvalue weighted by molar-refractivity contribution is 0.0944. The van der Waals surface area contributed by atoms with E-state index in [1.54, 1.807) is 17.5 Å². The van der Waals surface area contributed by atoms with Crippen LogP contribution in [0.4, 0.5) is 0 Å². The highest BCUT2D eigenvalue weighted by Gasteiger charge is 2.17. The van der Waals surface area contributed by atoms with Gasteiger partial charge in [-0.3, -0.25) is 9.20 Å². The Morgan fingerprint density at radius 2 is 2.00 bits per heavy atom. The van der Waals surface area contributed by atoms with E-state index in [4.69, 9.17) is 4.52 Å². The van der Waals surface area contributed by atoms with Crippen molar-refractivity contribution in [3.8, 4) is 17.1 Å². The number of aryl methyl sites for hydroxylation is 1. The second-order valence-corrected chi connectivity index (χ2v) is 6.42. The molecule has 11 heteroatoms. The Kier molecular flexibility index (Phi) is 4.24. The minimum absolute atomic E-state index is 0.157. The Balaban J connectivity index is 1.34. The third kappa shape index (κ3) is 3.17. The maximum Gasteiger partial charge on any atom is 0.273 e. The summed E-state index contributed by atoms with van der Waals surface area (Å²) in [4.78, 5) is 18.1. The summed E-state index contributed by atoms with van der Waals surface area (Å²) in [6, 6.07) is 13.0. The van der Waals surface area contributed by atoms with Gasteiger partial charge in [-0.15, -0.1) is 15.3 Å². The Hall–Kier alpha value is -4.41. The number of hydrogen-bond acceptors (Lipinski definition) is 8. The number of carbonyl (C=O) groups is 1. The molecule has 0 saturated heterocycles. The van der Waals surface area contributed by atoms with Crippen molar-refractivity contribution in [3.05, 3.63) is 72.2 Å². The van der Waals surface area contributed by atoms with Gasteiger partial charge in [-0.25, -0.2) is 0 Å². The molecule has 30 heavy (non-hydrogen) atoms. The average molecular weight is 401 g/mol. The third-order valence-electron chi connectivity index (χ3n) is 4.38. The van der Waals surface area contributed by atoms with Crippen LogP contribution in [0, 0.1) is 6.92 Å². The molecule has 1 amide bonds. The van der Waals surface area contributed by atoms with Crippen molar-refractivity contribution >= 4 is 11.6 Å². The molecule has 0 atom stereocenters. The molecule has 0 aliphatic heterocycles. The molecule has 0 saturated carbocycles. The zero-order valence-corrected chi connectivity index (χ0v) is 15.8. The highest BCUT2D eigenvalue weighted by Crippen LogP contribution is 2.22. The van der Waals surface area contributed by atoms with Crippen LogP contribution in [0.3, 0.4) is 0 Å². The number of aromatic nitrogens is 8. The summed E-state index contributed by atoms with van der Waals surface area (Å²) in [5, 5.41) is 23.3. The summed E-state index contributed by atoms with van der Waals surface area (Å²) in [6.07, 6.45) is 3.22. The molecule has 0 spiro atoms. The summed E-state index contributed by atoms with van der Waals surface area (Å²) in [7, 11) is 0. The Morgan fingerprint density at radius 3 is 2.80 bits per heavy atom. The van der Waals surface area contributed by atoms with Crippen LogP contribution < -0.4 is 5.32 Å². The summed E-state index contributed by atoms with van der Waals surface area (Å²) < 4.78 is 6.99. The molecule has 4 heterocycles. The van der Waals surface area contributed by atoms with Gasteiger partial charge in [-0.1, -0.05) is 23.4 Å². The maximum atomic E-state index is 12.5. The molecular formula is C19H15N9O2. The molecule has 1 N–H and O–H groups in total. The van der Waals surface area contributed by atoms with Crippen LogP contribution in [0.1, 0.15) is 22.1 Å². The van der Waals surface area contributed by atoms with Crippen molar-refractivity contribution in [2.24, 2.45) is 0 Å². The highest BCUT2D eigenvalue weighted by molar-refractivity contribution is 5.91. The van der Waals surface area contributed by atoms with Crippen molar-refractivity contribution < 1.29 is 9.32 Å². The number of nitrogens with one attached hydrogen (secondary N) is 1. The van der Waals surface area contributed by atoms with Crippen molar-refractivity contribution in [3.63, 3.8) is 0 Å². The number of pyridine rings is 1. The number of hydrogen-bond donors (Lipinski definition) is 1. The molecule has 0 bridgehead atoms. The normalized spacial score (nSPS) is 11.1. The lowest BCUT2D eigenvalue weighted by atomic mass is 10.2. The first kappa shape index (κ1) is 17.7. The maximum absolute atomic E-state index is 12.5. The quantitative estimate of drug-likeness (QED) is 0.470. The van der Waals surface area contributed by atoms with E-state index < -0.39 is 0 Å². The molecule has 11 nitrogen and oxygen atoms in total. The Labute approximate surface area is 169 Å². The monoisotopic (exact) mass is 401 g/mol. The molecule has 4 aromatic heterocycles. The molecule has 0 unspecified atom stereocenters. The van der Waals surface area contributed by atoms with Crippen LogP contribution in [0.15, 0.2) is 59.4 Å². The second-order valence-electron chi connectivity index (χ2n) is 6.42. The van der Waals surface area contributed by atoms with Crippen molar-refractivity contribution in [2.75, 3.05) is 0 Å². The van der Waals surface area contributed by atoms with Gasteiger partial charge in [0.1, 0.15) is 0 Å². The first-order valence-electron chi connectivity index (χ1n) is 9.08. The van der Waals surface area contributed by atoms with E-state index in [0.717, 1.165) is 5.69 Å². The van der Waals surface area contributed by atoms with Crippen LogP contribution >= 0.6 is 0 Å². The molecule has 5 rings (SSSR count). The Bertz CT molecular complexity index is 1340. The first-order chi connectivity index (χ1) is 14.7. The van der Waals surface area contributed by atoms with E-state index in [0.29, 0.717) is 28.8 Å². The van der Waals surface area contributed by atoms with Crippen molar-refractivity contribution in [1.29, 1.82) is 0 Å². The SMILES string of the molecule is Cc1noc(-c2cccn3c(CNC(=O)c4cnn(-c5ccccc5)n4)nnc23)n1. The number of carbonyl (C=O) groups excluding carboxylic acids is 1. The zero-order chi connectivity index (χ0) is 20.5. The van der Waals surface area contributed by atoms with E-state index in [1.807, 2.05) is 42.5 Å². The van der Waals surface area contributed by atoms with Gasteiger partial charge < -0.3 is 9.84 Å². The zero-order valence-electron chi connectivity index (χ0n) is 15.8. The summed E-state index contributed by atoms with van der Waals surface area (Å²) >= 11 is 0. The van der Waals surface area contributed by atoms with Gasteiger partial charge in [0.15, 0.2) is 23.0 Å². The number of fused-ring (bicyclic) bond motifs is 1. The van der Waals surface area contributed by atoms with E-state index in [9.17, 15) is 4.79 Å². The lowest BCUT2D eigenvalue weighted by Gasteiger charge is -2.03. The number of nitrogens with zero attached hydrogens (tertiary/aromatic N) is 8.